The van der Waals surface area contributed by atoms with Crippen LogP contribution in [0.2, 0.25) is 0 Å². The number of carbonyl (C=O) groups is 1. The number of ether oxygens (including phenoxy) is 1. The van der Waals surface area contributed by atoms with Crippen molar-refractivity contribution in [1.82, 2.24) is 4.98 Å². The van der Waals surface area contributed by atoms with Gasteiger partial charge in [-0.15, -0.1) is 0 Å². The maximum atomic E-state index is 11.9. The maximum Gasteiger partial charge on any atom is 0.415 e. The second kappa shape index (κ2) is 5.72. The Morgan fingerprint density at radius 1 is 1.50 bits per heavy atom. The minimum absolute atomic E-state index is 0.158. The van der Waals surface area contributed by atoms with Gasteiger partial charge in [-0.2, -0.15) is 0 Å². The molecule has 1 rings (SSSR count). The van der Waals surface area contributed by atoms with Crippen molar-refractivity contribution in [1.29, 1.82) is 0 Å². The number of hydrogen-bond donors (Lipinski definition) is 1. The number of rotatable bonds is 3. The molecule has 1 amide bonds. The van der Waals surface area contributed by atoms with Crippen LogP contribution in [-0.2, 0) is 4.74 Å². The van der Waals surface area contributed by atoms with E-state index < -0.39 is 16.6 Å². The van der Waals surface area contributed by atoms with Gasteiger partial charge in [-0.1, -0.05) is 0 Å². The highest BCUT2D eigenvalue weighted by molar-refractivity contribution is 5.87. The summed E-state index contributed by atoms with van der Waals surface area (Å²) in [6.45, 7) is 5.25. The fourth-order valence-corrected chi connectivity index (χ4v) is 1.39. The monoisotopic (exact) mass is 282 g/mol. The highest BCUT2D eigenvalue weighted by Crippen LogP contribution is 2.27. The summed E-state index contributed by atoms with van der Waals surface area (Å²) in [7, 11) is 3.04. The number of amides is 1. The largest absolute Gasteiger partial charge is 0.443 e. The van der Waals surface area contributed by atoms with Crippen LogP contribution in [0.1, 0.15) is 20.8 Å². The van der Waals surface area contributed by atoms with Gasteiger partial charge in [-0.3, -0.25) is 15.0 Å². The fraction of sp³-hybridized carbons (Fsp3) is 0.500. The summed E-state index contributed by atoms with van der Waals surface area (Å²) >= 11 is 0. The average Bonchev–Trinajstić information content (AvgIpc) is 2.34. The van der Waals surface area contributed by atoms with Crippen LogP contribution in [0.15, 0.2) is 12.3 Å². The summed E-state index contributed by atoms with van der Waals surface area (Å²) in [6, 6.07) is 1.42. The van der Waals surface area contributed by atoms with E-state index >= 15 is 0 Å². The van der Waals surface area contributed by atoms with Gasteiger partial charge in [0.15, 0.2) is 0 Å². The summed E-state index contributed by atoms with van der Waals surface area (Å²) in [4.78, 5) is 27.2. The van der Waals surface area contributed by atoms with Crippen LogP contribution >= 0.6 is 0 Å². The van der Waals surface area contributed by atoms with Crippen molar-refractivity contribution in [2.24, 2.45) is 0 Å². The van der Waals surface area contributed by atoms with Crippen LogP contribution in [0.3, 0.4) is 0 Å². The molecule has 0 saturated heterocycles. The van der Waals surface area contributed by atoms with Crippen LogP contribution in [0, 0.1) is 10.1 Å². The van der Waals surface area contributed by atoms with E-state index in [0.717, 1.165) is 6.20 Å². The predicted molar refractivity (Wildman–Crippen MR) is 75.1 cm³/mol. The minimum atomic E-state index is -0.627. The van der Waals surface area contributed by atoms with Crippen LogP contribution in [0.4, 0.5) is 22.0 Å². The molecular weight excluding hydrogens is 264 g/mol. The van der Waals surface area contributed by atoms with Crippen LogP contribution in [0.5, 0.6) is 0 Å². The average molecular weight is 282 g/mol. The number of nitrogens with one attached hydrogen (secondary N) is 1. The topological polar surface area (TPSA) is 97.6 Å². The van der Waals surface area contributed by atoms with E-state index in [0.29, 0.717) is 0 Å². The van der Waals surface area contributed by atoms with Crippen molar-refractivity contribution in [2.75, 3.05) is 24.3 Å². The zero-order chi connectivity index (χ0) is 15.5. The molecule has 0 aliphatic heterocycles. The molecule has 0 bridgehead atoms. The first kappa shape index (κ1) is 15.7. The lowest BCUT2D eigenvalue weighted by Crippen LogP contribution is -2.34. The van der Waals surface area contributed by atoms with Gasteiger partial charge in [-0.05, 0) is 20.8 Å². The van der Waals surface area contributed by atoms with Gasteiger partial charge in [0.2, 0.25) is 0 Å². The Hall–Kier alpha value is -2.38. The summed E-state index contributed by atoms with van der Waals surface area (Å²) in [6.07, 6.45) is 0.517. The summed E-state index contributed by atoms with van der Waals surface area (Å²) < 4.78 is 5.20. The van der Waals surface area contributed by atoms with E-state index in [4.69, 9.17) is 4.74 Å². The number of pyridine rings is 1. The fourth-order valence-electron chi connectivity index (χ4n) is 1.39. The second-order valence-electron chi connectivity index (χ2n) is 5.11. The number of carbonyl (C=O) groups excluding carboxylic acids is 1. The Balaban J connectivity index is 3.02. The van der Waals surface area contributed by atoms with Crippen LogP contribution in [0.25, 0.3) is 0 Å². The molecule has 8 heteroatoms. The van der Waals surface area contributed by atoms with Gasteiger partial charge >= 0.3 is 11.8 Å². The zero-order valence-electron chi connectivity index (χ0n) is 12.1. The third kappa shape index (κ3) is 3.81. The summed E-state index contributed by atoms with van der Waals surface area (Å²) in [5, 5.41) is 13.5. The Morgan fingerprint density at radius 2 is 2.10 bits per heavy atom. The van der Waals surface area contributed by atoms with Gasteiger partial charge in [0.25, 0.3) is 0 Å². The third-order valence-electron chi connectivity index (χ3n) is 2.35. The molecule has 0 aromatic carbocycles. The van der Waals surface area contributed by atoms with E-state index in [-0.39, 0.29) is 17.2 Å². The normalized spacial score (nSPS) is 10.8. The molecule has 0 fully saturated rings. The van der Waals surface area contributed by atoms with Crippen LogP contribution in [-0.4, -0.2) is 35.7 Å². The molecule has 110 valence electrons. The minimum Gasteiger partial charge on any atom is -0.443 e. The number of nitrogens with zero attached hydrogens (tertiary/aromatic N) is 3. The molecule has 8 nitrogen and oxygen atoms in total. The van der Waals surface area contributed by atoms with Crippen molar-refractivity contribution in [3.63, 3.8) is 0 Å². The van der Waals surface area contributed by atoms with Gasteiger partial charge in [-0.25, -0.2) is 9.78 Å². The second-order valence-corrected chi connectivity index (χ2v) is 5.11. The Kier molecular flexibility index (Phi) is 4.49. The molecular formula is C12H18N4O4. The van der Waals surface area contributed by atoms with E-state index in [2.05, 4.69) is 10.3 Å². The Labute approximate surface area is 116 Å². The first-order valence-electron chi connectivity index (χ1n) is 5.94. The lowest BCUT2D eigenvalue weighted by Gasteiger charge is -2.24. The maximum absolute atomic E-state index is 11.9. The molecule has 0 aliphatic rings. The zero-order valence-corrected chi connectivity index (χ0v) is 12.1. The predicted octanol–water partition coefficient (Wildman–Crippen LogP) is 2.40. The highest BCUT2D eigenvalue weighted by Gasteiger charge is 2.23. The summed E-state index contributed by atoms with van der Waals surface area (Å²) in [5.74, 6) is 0.259. The summed E-state index contributed by atoms with van der Waals surface area (Å²) in [5.41, 5.74) is -0.512. The van der Waals surface area contributed by atoms with E-state index in [1.165, 1.54) is 18.0 Å². The standard InChI is InChI=1S/C12H18N4O4/c1-12(2,3)20-11(17)15(5)10-6-8(13-4)9(7-14-10)16(18)19/h6-7H,1-5H3,(H,13,14). The van der Waals surface area contributed by atoms with E-state index in [1.807, 2.05) is 0 Å². The van der Waals surface area contributed by atoms with E-state index in [1.54, 1.807) is 27.8 Å². The first-order chi connectivity index (χ1) is 9.15. The molecule has 1 aromatic heterocycles. The molecule has 0 radical (unpaired) electrons. The number of aromatic nitrogens is 1. The molecule has 1 aromatic rings. The first-order valence-corrected chi connectivity index (χ1v) is 5.94. The van der Waals surface area contributed by atoms with Gasteiger partial charge < -0.3 is 10.1 Å². The van der Waals surface area contributed by atoms with Crippen molar-refractivity contribution in [3.8, 4) is 0 Å². The smallest absolute Gasteiger partial charge is 0.415 e. The SMILES string of the molecule is CNc1cc(N(C)C(=O)OC(C)(C)C)ncc1[N+](=O)[O-]. The van der Waals surface area contributed by atoms with Crippen molar-refractivity contribution < 1.29 is 14.5 Å². The quantitative estimate of drug-likeness (QED) is 0.675. The molecule has 1 N–H and O–H groups in total. The molecule has 0 saturated carbocycles. The van der Waals surface area contributed by atoms with Crippen molar-refractivity contribution in [3.05, 3.63) is 22.4 Å². The van der Waals surface area contributed by atoms with Gasteiger partial charge in [0, 0.05) is 20.2 Å². The van der Waals surface area contributed by atoms with Crippen molar-refractivity contribution in [2.45, 2.75) is 26.4 Å². The molecule has 20 heavy (non-hydrogen) atoms. The lowest BCUT2D eigenvalue weighted by atomic mass is 10.2. The number of hydrogen-bond acceptors (Lipinski definition) is 6. The molecule has 0 atom stereocenters. The third-order valence-corrected chi connectivity index (χ3v) is 2.35. The molecule has 0 spiro atoms. The molecule has 1 heterocycles. The molecule has 0 unspecified atom stereocenters. The number of nitro groups is 1. The van der Waals surface area contributed by atoms with E-state index in [9.17, 15) is 14.9 Å². The Morgan fingerprint density at radius 3 is 2.55 bits per heavy atom. The van der Waals surface area contributed by atoms with Gasteiger partial charge in [0.1, 0.15) is 23.3 Å². The Bertz CT molecular complexity index is 525. The number of anilines is 2. The van der Waals surface area contributed by atoms with Gasteiger partial charge in [0.05, 0.1) is 4.92 Å². The van der Waals surface area contributed by atoms with Crippen LogP contribution < -0.4 is 10.2 Å². The van der Waals surface area contributed by atoms with Crippen molar-refractivity contribution >= 4 is 23.3 Å². The highest BCUT2D eigenvalue weighted by atomic mass is 16.6. The molecule has 0 aliphatic carbocycles. The lowest BCUT2D eigenvalue weighted by molar-refractivity contribution is -0.384.